The molecule has 5 rings (SSSR count). The number of hydrogen-bond acceptors (Lipinski definition) is 5. The van der Waals surface area contributed by atoms with Crippen molar-refractivity contribution in [3.8, 4) is 11.3 Å². The van der Waals surface area contributed by atoms with Gasteiger partial charge in [-0.3, -0.25) is 4.79 Å². The molecule has 0 atom stereocenters. The number of rotatable bonds is 5. The number of para-hydroxylation sites is 1. The molecule has 2 aromatic heterocycles. The Kier molecular flexibility index (Phi) is 5.56. The lowest BCUT2D eigenvalue weighted by Gasteiger charge is -2.35. The van der Waals surface area contributed by atoms with Crippen LogP contribution >= 0.6 is 0 Å². The minimum atomic E-state index is -0.175. The van der Waals surface area contributed by atoms with Crippen LogP contribution in [0.3, 0.4) is 0 Å². The molecule has 1 fully saturated rings. The molecule has 7 heteroatoms. The van der Waals surface area contributed by atoms with Crippen molar-refractivity contribution < 1.29 is 4.79 Å². The Balaban J connectivity index is 1.36. The van der Waals surface area contributed by atoms with Gasteiger partial charge in [0.25, 0.3) is 5.91 Å². The van der Waals surface area contributed by atoms with Crippen LogP contribution in [-0.4, -0.2) is 58.6 Å². The predicted octanol–water partition coefficient (Wildman–Crippen LogP) is 3.08. The molecule has 1 saturated heterocycles. The first-order chi connectivity index (χ1) is 15.7. The zero-order valence-electron chi connectivity index (χ0n) is 18.1. The summed E-state index contributed by atoms with van der Waals surface area (Å²) in [4.78, 5) is 22.2. The minimum Gasteiger partial charge on any atom is -0.369 e. The highest BCUT2D eigenvalue weighted by atomic mass is 16.1. The van der Waals surface area contributed by atoms with E-state index in [1.165, 1.54) is 5.69 Å². The van der Waals surface area contributed by atoms with Gasteiger partial charge in [0.05, 0.1) is 11.9 Å². The molecule has 0 saturated carbocycles. The predicted molar refractivity (Wildman–Crippen MR) is 126 cm³/mol. The second-order valence-corrected chi connectivity index (χ2v) is 8.09. The van der Waals surface area contributed by atoms with Crippen molar-refractivity contribution in [1.29, 1.82) is 0 Å². The number of nitrogens with zero attached hydrogens (tertiary/aromatic N) is 5. The van der Waals surface area contributed by atoms with E-state index in [2.05, 4.69) is 50.4 Å². The molecule has 7 nitrogen and oxygen atoms in total. The van der Waals surface area contributed by atoms with Crippen LogP contribution in [0.15, 0.2) is 73.1 Å². The van der Waals surface area contributed by atoms with Gasteiger partial charge in [-0.05, 0) is 24.7 Å². The van der Waals surface area contributed by atoms with Gasteiger partial charge in [-0.1, -0.05) is 48.5 Å². The van der Waals surface area contributed by atoms with E-state index >= 15 is 0 Å². The maximum atomic E-state index is 13.0. The lowest BCUT2D eigenvalue weighted by atomic mass is 10.1. The van der Waals surface area contributed by atoms with Crippen molar-refractivity contribution in [3.63, 3.8) is 0 Å². The number of aromatic nitrogens is 3. The van der Waals surface area contributed by atoms with Crippen LogP contribution in [0.1, 0.15) is 15.9 Å². The average molecular weight is 427 g/mol. The summed E-state index contributed by atoms with van der Waals surface area (Å²) >= 11 is 0. The van der Waals surface area contributed by atoms with E-state index in [0.717, 1.165) is 43.0 Å². The SMILES string of the molecule is CN1CCN(c2ccccc2CNC(=O)c2cnn3c(-c4ccccc4)ccnc23)CC1. The van der Waals surface area contributed by atoms with Crippen LogP contribution in [-0.2, 0) is 6.54 Å². The van der Waals surface area contributed by atoms with Gasteiger partial charge in [0.15, 0.2) is 5.65 Å². The van der Waals surface area contributed by atoms with E-state index in [4.69, 9.17) is 0 Å². The molecular formula is C25H26N6O. The summed E-state index contributed by atoms with van der Waals surface area (Å²) in [5, 5.41) is 7.52. The number of carbonyl (C=O) groups excluding carboxylic acids is 1. The average Bonchev–Trinajstić information content (AvgIpc) is 3.28. The summed E-state index contributed by atoms with van der Waals surface area (Å²) in [7, 11) is 2.15. The Morgan fingerprint density at radius 2 is 1.72 bits per heavy atom. The Hall–Kier alpha value is -3.71. The first-order valence-electron chi connectivity index (χ1n) is 10.9. The highest BCUT2D eigenvalue weighted by Crippen LogP contribution is 2.23. The number of hydrogen-bond donors (Lipinski definition) is 1. The molecule has 162 valence electrons. The highest BCUT2D eigenvalue weighted by Gasteiger charge is 2.19. The van der Waals surface area contributed by atoms with Gasteiger partial charge in [-0.2, -0.15) is 5.10 Å². The monoisotopic (exact) mass is 426 g/mol. The van der Waals surface area contributed by atoms with E-state index in [0.29, 0.717) is 17.8 Å². The Bertz CT molecular complexity index is 1230. The molecule has 1 amide bonds. The smallest absolute Gasteiger partial charge is 0.257 e. The number of nitrogens with one attached hydrogen (secondary N) is 1. The summed E-state index contributed by atoms with van der Waals surface area (Å²) in [6, 6.07) is 20.2. The standard InChI is InChI=1S/C25H26N6O/c1-29-13-15-30(16-14-29)22-10-6-5-9-20(22)17-27-25(32)21-18-28-31-23(11-12-26-24(21)31)19-7-3-2-4-8-19/h2-12,18H,13-17H2,1H3,(H,27,32). The first kappa shape index (κ1) is 20.2. The largest absolute Gasteiger partial charge is 0.369 e. The van der Waals surface area contributed by atoms with Crippen molar-refractivity contribution >= 4 is 17.2 Å². The Labute approximate surface area is 187 Å². The molecular weight excluding hydrogens is 400 g/mol. The summed E-state index contributed by atoms with van der Waals surface area (Å²) < 4.78 is 1.72. The van der Waals surface area contributed by atoms with Crippen LogP contribution in [0.25, 0.3) is 16.9 Å². The third-order valence-corrected chi connectivity index (χ3v) is 5.99. The van der Waals surface area contributed by atoms with Crippen LogP contribution in [0.4, 0.5) is 5.69 Å². The van der Waals surface area contributed by atoms with Gasteiger partial charge in [-0.15, -0.1) is 0 Å². The lowest BCUT2D eigenvalue weighted by Crippen LogP contribution is -2.45. The molecule has 0 spiro atoms. The van der Waals surface area contributed by atoms with Gasteiger partial charge >= 0.3 is 0 Å². The molecule has 0 bridgehead atoms. The fourth-order valence-corrected chi connectivity index (χ4v) is 4.17. The number of piperazine rings is 1. The molecule has 4 aromatic rings. The second kappa shape index (κ2) is 8.80. The minimum absolute atomic E-state index is 0.175. The molecule has 1 N–H and O–H groups in total. The number of fused-ring (bicyclic) bond motifs is 1. The van der Waals surface area contributed by atoms with Gasteiger partial charge in [0, 0.05) is 50.2 Å². The number of amides is 1. The molecule has 32 heavy (non-hydrogen) atoms. The highest BCUT2D eigenvalue weighted by molar-refractivity contribution is 5.99. The van der Waals surface area contributed by atoms with Crippen LogP contribution < -0.4 is 10.2 Å². The summed E-state index contributed by atoms with van der Waals surface area (Å²) in [6.45, 7) is 4.51. The Morgan fingerprint density at radius 1 is 0.969 bits per heavy atom. The number of benzene rings is 2. The van der Waals surface area contributed by atoms with Gasteiger partial charge < -0.3 is 15.1 Å². The fourth-order valence-electron chi connectivity index (χ4n) is 4.17. The second-order valence-electron chi connectivity index (χ2n) is 8.09. The van der Waals surface area contributed by atoms with Crippen molar-refractivity contribution in [2.24, 2.45) is 0 Å². The summed E-state index contributed by atoms with van der Waals surface area (Å²) in [5.41, 5.74) is 5.24. The van der Waals surface area contributed by atoms with Crippen LogP contribution in [0, 0.1) is 0 Å². The van der Waals surface area contributed by atoms with Gasteiger partial charge in [-0.25, -0.2) is 9.50 Å². The molecule has 0 aliphatic carbocycles. The first-order valence-corrected chi connectivity index (χ1v) is 10.9. The van der Waals surface area contributed by atoms with Crippen molar-refractivity contribution in [3.05, 3.63) is 84.2 Å². The fraction of sp³-hybridized carbons (Fsp3) is 0.240. The zero-order chi connectivity index (χ0) is 21.9. The lowest BCUT2D eigenvalue weighted by molar-refractivity contribution is 0.0952. The van der Waals surface area contributed by atoms with E-state index in [-0.39, 0.29) is 5.91 Å². The quantitative estimate of drug-likeness (QED) is 0.531. The number of carbonyl (C=O) groups is 1. The third-order valence-electron chi connectivity index (χ3n) is 5.99. The third kappa shape index (κ3) is 3.94. The molecule has 1 aliphatic rings. The zero-order valence-corrected chi connectivity index (χ0v) is 18.1. The van der Waals surface area contributed by atoms with Crippen LogP contribution in [0.2, 0.25) is 0 Å². The molecule has 0 unspecified atom stereocenters. The van der Waals surface area contributed by atoms with E-state index in [1.54, 1.807) is 16.9 Å². The van der Waals surface area contributed by atoms with Crippen LogP contribution in [0.5, 0.6) is 0 Å². The van der Waals surface area contributed by atoms with Gasteiger partial charge in [0.2, 0.25) is 0 Å². The molecule has 0 radical (unpaired) electrons. The normalized spacial score (nSPS) is 14.6. The number of anilines is 1. The maximum absolute atomic E-state index is 13.0. The molecule has 3 heterocycles. The maximum Gasteiger partial charge on any atom is 0.257 e. The molecule has 1 aliphatic heterocycles. The van der Waals surface area contributed by atoms with E-state index in [1.807, 2.05) is 42.5 Å². The van der Waals surface area contributed by atoms with Crippen molar-refractivity contribution in [1.82, 2.24) is 24.8 Å². The van der Waals surface area contributed by atoms with Crippen molar-refractivity contribution in [2.45, 2.75) is 6.54 Å². The van der Waals surface area contributed by atoms with E-state index in [9.17, 15) is 4.79 Å². The summed E-state index contributed by atoms with van der Waals surface area (Å²) in [6.07, 6.45) is 3.31. The van der Waals surface area contributed by atoms with Crippen molar-refractivity contribution in [2.75, 3.05) is 38.1 Å². The summed E-state index contributed by atoms with van der Waals surface area (Å²) in [5.74, 6) is -0.175. The van der Waals surface area contributed by atoms with Gasteiger partial charge in [0.1, 0.15) is 5.56 Å². The number of likely N-dealkylation sites (N-methyl/N-ethyl adjacent to an activating group) is 1. The Morgan fingerprint density at radius 3 is 2.53 bits per heavy atom. The topological polar surface area (TPSA) is 65.8 Å². The molecule has 2 aromatic carbocycles. The van der Waals surface area contributed by atoms with E-state index < -0.39 is 0 Å².